The van der Waals surface area contributed by atoms with Crippen LogP contribution in [0.25, 0.3) is 10.9 Å². The van der Waals surface area contributed by atoms with Crippen molar-refractivity contribution in [2.45, 2.75) is 57.7 Å². The van der Waals surface area contributed by atoms with E-state index in [1.54, 1.807) is 6.07 Å². The molecule has 2 fully saturated rings. The Morgan fingerprint density at radius 1 is 1.19 bits per heavy atom. The van der Waals surface area contributed by atoms with Crippen LogP contribution >= 0.6 is 27.5 Å². The number of hydrogen-bond donors (Lipinski definition) is 0. The second-order valence-electron chi connectivity index (χ2n) is 11.2. The number of aromatic nitrogens is 2. The number of hydrogen-bond acceptors (Lipinski definition) is 6. The minimum atomic E-state index is -2.92. The highest BCUT2D eigenvalue weighted by molar-refractivity contribution is 9.10. The maximum atomic E-state index is 15.2. The molecule has 1 aliphatic carbocycles. The van der Waals surface area contributed by atoms with E-state index in [2.05, 4.69) is 46.7 Å². The number of anilines is 1. The summed E-state index contributed by atoms with van der Waals surface area (Å²) in [6.45, 7) is 12.0. The van der Waals surface area contributed by atoms with E-state index in [0.717, 1.165) is 6.42 Å². The first-order valence-electron chi connectivity index (χ1n) is 12.0. The van der Waals surface area contributed by atoms with Crippen molar-refractivity contribution in [1.29, 1.82) is 0 Å². The Morgan fingerprint density at radius 2 is 1.89 bits per heavy atom. The highest BCUT2D eigenvalue weighted by atomic mass is 79.9. The number of nitrogens with zero attached hydrogens (tertiary/aromatic N) is 3. The lowest BCUT2D eigenvalue weighted by atomic mass is 10.1. The molecule has 4 rings (SSSR count). The summed E-state index contributed by atoms with van der Waals surface area (Å²) < 4.78 is 61.8. The van der Waals surface area contributed by atoms with Crippen molar-refractivity contribution in [3.63, 3.8) is 0 Å². The first-order chi connectivity index (χ1) is 16.7. The smallest absolute Gasteiger partial charge is 0.319 e. The van der Waals surface area contributed by atoms with Gasteiger partial charge >= 0.3 is 6.01 Å². The van der Waals surface area contributed by atoms with Crippen molar-refractivity contribution in [3.05, 3.63) is 21.4 Å². The zero-order valence-electron chi connectivity index (χ0n) is 21.2. The van der Waals surface area contributed by atoms with Gasteiger partial charge in [0, 0.05) is 38.1 Å². The Bertz CT molecular complexity index is 1140. The van der Waals surface area contributed by atoms with Crippen LogP contribution in [0.1, 0.15) is 33.6 Å². The van der Waals surface area contributed by atoms with Crippen molar-refractivity contribution < 1.29 is 27.1 Å². The first-order valence-corrected chi connectivity index (χ1v) is 16.1. The number of alkyl halides is 2. The van der Waals surface area contributed by atoms with Crippen molar-refractivity contribution in [2.75, 3.05) is 44.4 Å². The van der Waals surface area contributed by atoms with Gasteiger partial charge in [-0.15, -0.1) is 0 Å². The van der Waals surface area contributed by atoms with Gasteiger partial charge in [-0.05, 0) is 46.5 Å². The average Bonchev–Trinajstić information content (AvgIpc) is 3.45. The third kappa shape index (κ3) is 5.36. The zero-order chi connectivity index (χ0) is 26.5. The van der Waals surface area contributed by atoms with E-state index in [-0.39, 0.29) is 45.7 Å². The molecule has 6 nitrogen and oxygen atoms in total. The standard InChI is InChI=1S/C24H32BrClF3N3O3Si/c1-22(2,3)36(4,5)35-14-23(12-24(23,28)29)13-34-21-30-19-15(11-16(26)17(25)18(19)27)20(31-21)32-7-6-9-33-10-8-32/h11H,6-10,12-14H2,1-5H3. The second kappa shape index (κ2) is 9.87. The predicted molar refractivity (Wildman–Crippen MR) is 140 cm³/mol. The Labute approximate surface area is 224 Å². The maximum absolute atomic E-state index is 15.2. The van der Waals surface area contributed by atoms with Crippen molar-refractivity contribution >= 4 is 52.6 Å². The Hall–Kier alpha value is -1.14. The number of rotatable bonds is 7. The topological polar surface area (TPSA) is 56.7 Å². The number of halogens is 5. The van der Waals surface area contributed by atoms with Gasteiger partial charge in [-0.1, -0.05) is 32.4 Å². The van der Waals surface area contributed by atoms with Crippen LogP contribution in [0.4, 0.5) is 19.0 Å². The van der Waals surface area contributed by atoms with Gasteiger partial charge in [0.1, 0.15) is 17.9 Å². The van der Waals surface area contributed by atoms with E-state index >= 15 is 4.39 Å². The van der Waals surface area contributed by atoms with Gasteiger partial charge in [0.2, 0.25) is 0 Å². The third-order valence-corrected chi connectivity index (χ3v) is 13.3. The van der Waals surface area contributed by atoms with Crippen LogP contribution in [0, 0.1) is 11.2 Å². The van der Waals surface area contributed by atoms with Gasteiger partial charge in [-0.3, -0.25) is 0 Å². The lowest BCUT2D eigenvalue weighted by molar-refractivity contribution is 0.0152. The Kier molecular flexibility index (Phi) is 7.64. The quantitative estimate of drug-likeness (QED) is 0.253. The van der Waals surface area contributed by atoms with Crippen LogP contribution in [-0.4, -0.2) is 63.7 Å². The normalized spacial score (nSPS) is 22.6. The van der Waals surface area contributed by atoms with E-state index in [1.165, 1.54) is 0 Å². The highest BCUT2D eigenvalue weighted by Crippen LogP contribution is 2.61. The molecule has 12 heteroatoms. The molecule has 1 saturated carbocycles. The predicted octanol–water partition coefficient (Wildman–Crippen LogP) is 6.84. The number of fused-ring (bicyclic) bond motifs is 1. The fourth-order valence-electron chi connectivity index (χ4n) is 3.87. The van der Waals surface area contributed by atoms with Crippen LogP contribution in [-0.2, 0) is 9.16 Å². The summed E-state index contributed by atoms with van der Waals surface area (Å²) in [4.78, 5) is 10.7. The molecule has 200 valence electrons. The van der Waals surface area contributed by atoms with E-state index in [1.807, 2.05) is 18.0 Å². The van der Waals surface area contributed by atoms with Crippen LogP contribution in [0.5, 0.6) is 6.01 Å². The molecule has 2 heterocycles. The molecule has 1 saturated heterocycles. The van der Waals surface area contributed by atoms with Gasteiger partial charge < -0.3 is 18.8 Å². The summed E-state index contributed by atoms with van der Waals surface area (Å²) in [6.07, 6.45) is 0.419. The number of ether oxygens (including phenoxy) is 2. The SMILES string of the molecule is CC(C)(C)[Si](C)(C)OCC1(COc2nc(N3CCCOCC3)c3cc(Cl)c(Br)c(F)c3n2)CC1(F)F. The van der Waals surface area contributed by atoms with Gasteiger partial charge in [0.25, 0.3) is 5.92 Å². The third-order valence-electron chi connectivity index (χ3n) is 7.51. The molecule has 1 aromatic carbocycles. The van der Waals surface area contributed by atoms with Gasteiger partial charge in [0.15, 0.2) is 14.1 Å². The molecule has 0 bridgehead atoms. The maximum Gasteiger partial charge on any atom is 0.319 e. The summed E-state index contributed by atoms with van der Waals surface area (Å²) in [7, 11) is -2.24. The van der Waals surface area contributed by atoms with Crippen LogP contribution in [0.2, 0.25) is 23.2 Å². The molecule has 36 heavy (non-hydrogen) atoms. The molecule has 0 amide bonds. The molecular formula is C24H32BrClF3N3O3Si. The van der Waals surface area contributed by atoms with Crippen molar-refractivity contribution in [3.8, 4) is 6.01 Å². The second-order valence-corrected chi connectivity index (χ2v) is 17.2. The molecule has 2 aliphatic rings. The van der Waals surface area contributed by atoms with Gasteiger partial charge in [-0.2, -0.15) is 9.97 Å². The largest absolute Gasteiger partial charge is 0.462 e. The fourth-order valence-corrected chi connectivity index (χ4v) is 5.44. The van der Waals surface area contributed by atoms with Gasteiger partial charge in [0.05, 0.1) is 21.5 Å². The molecule has 1 aromatic heterocycles. The molecule has 0 spiro atoms. The average molecular weight is 611 g/mol. The van der Waals surface area contributed by atoms with E-state index in [0.29, 0.717) is 37.5 Å². The van der Waals surface area contributed by atoms with Crippen LogP contribution < -0.4 is 9.64 Å². The summed E-state index contributed by atoms with van der Waals surface area (Å²) in [5, 5.41) is 0.491. The molecule has 1 unspecified atom stereocenters. The molecule has 1 atom stereocenters. The molecule has 0 N–H and O–H groups in total. The highest BCUT2D eigenvalue weighted by Gasteiger charge is 2.72. The first kappa shape index (κ1) is 27.9. The van der Waals surface area contributed by atoms with E-state index < -0.39 is 25.5 Å². The van der Waals surface area contributed by atoms with Gasteiger partial charge in [-0.25, -0.2) is 13.2 Å². The number of benzene rings is 1. The molecular weight excluding hydrogens is 579 g/mol. The lowest BCUT2D eigenvalue weighted by Crippen LogP contribution is -2.43. The zero-order valence-corrected chi connectivity index (χ0v) is 24.5. The van der Waals surface area contributed by atoms with Crippen molar-refractivity contribution in [2.24, 2.45) is 5.41 Å². The Morgan fingerprint density at radius 3 is 2.53 bits per heavy atom. The van der Waals surface area contributed by atoms with E-state index in [9.17, 15) is 8.78 Å². The van der Waals surface area contributed by atoms with Crippen molar-refractivity contribution in [1.82, 2.24) is 9.97 Å². The molecule has 2 aromatic rings. The van der Waals surface area contributed by atoms with Crippen LogP contribution in [0.15, 0.2) is 10.5 Å². The fraction of sp³-hybridized carbons (Fsp3) is 0.667. The summed E-state index contributed by atoms with van der Waals surface area (Å²) in [6, 6.07) is 1.43. The summed E-state index contributed by atoms with van der Waals surface area (Å²) in [5.41, 5.74) is -1.46. The molecule has 1 aliphatic heterocycles. The van der Waals surface area contributed by atoms with Crippen LogP contribution in [0.3, 0.4) is 0 Å². The lowest BCUT2D eigenvalue weighted by Gasteiger charge is -2.37. The summed E-state index contributed by atoms with van der Waals surface area (Å²) >= 11 is 9.38. The summed E-state index contributed by atoms with van der Waals surface area (Å²) in [5.74, 6) is -3.15. The molecule has 0 radical (unpaired) electrons. The monoisotopic (exact) mass is 609 g/mol. The minimum absolute atomic E-state index is 0.00516. The van der Waals surface area contributed by atoms with E-state index in [4.69, 9.17) is 25.5 Å². The Balaban J connectivity index is 1.64. The minimum Gasteiger partial charge on any atom is -0.462 e.